The molecule has 0 saturated heterocycles. The number of para-hydroxylation sites is 1. The summed E-state index contributed by atoms with van der Waals surface area (Å²) in [6.07, 6.45) is -5.26. The van der Waals surface area contributed by atoms with E-state index >= 15 is 35.1 Å². The first-order valence-electron chi connectivity index (χ1n) is 18.6. The van der Waals surface area contributed by atoms with Crippen molar-refractivity contribution in [1.29, 1.82) is 0 Å². The molecule has 8 rings (SSSR count). The third-order valence-electron chi connectivity index (χ3n) is 10.9. The van der Waals surface area contributed by atoms with Gasteiger partial charge in [0.1, 0.15) is 52.7 Å². The van der Waals surface area contributed by atoms with E-state index in [9.17, 15) is 57.5 Å². The number of carbonyl (C=O) groups excluding carboxylic acids is 1. The van der Waals surface area contributed by atoms with Gasteiger partial charge in [-0.3, -0.25) is 4.79 Å². The lowest BCUT2D eigenvalue weighted by molar-refractivity contribution is -0.657. The molecule has 0 aliphatic heterocycles. The fourth-order valence-corrected chi connectivity index (χ4v) is 7.84. The monoisotopic (exact) mass is 977 g/mol. The molecule has 0 radical (unpaired) electrons. The Morgan fingerprint density at radius 2 is 0.632 bits per heavy atom. The minimum atomic E-state index is -7.22. The van der Waals surface area contributed by atoms with E-state index in [1.807, 2.05) is 71.4 Å². The second-order valence-corrected chi connectivity index (χ2v) is 14.5. The Labute approximate surface area is 365 Å². The number of Topliss-reactive ketones (excluding diaryl/α,β-unsaturated/α-hetero) is 1. The molecule has 23 heteroatoms. The molecule has 0 saturated carbocycles. The van der Waals surface area contributed by atoms with Gasteiger partial charge < -0.3 is 0 Å². The summed E-state index contributed by atoms with van der Waals surface area (Å²) in [5.41, 5.74) is -12.5. The molecule has 0 spiro atoms. The van der Waals surface area contributed by atoms with Crippen LogP contribution in [0.1, 0.15) is 10.4 Å². The van der Waals surface area contributed by atoms with Gasteiger partial charge in [-0.1, -0.05) is 48.5 Å². The molecular formula is C45H16BF20NO. The van der Waals surface area contributed by atoms with E-state index in [0.717, 1.165) is 27.2 Å². The van der Waals surface area contributed by atoms with Crippen LogP contribution in [-0.4, -0.2) is 11.9 Å². The zero-order valence-corrected chi connectivity index (χ0v) is 32.8. The van der Waals surface area contributed by atoms with Crippen molar-refractivity contribution in [2.24, 2.45) is 0 Å². The molecule has 0 bridgehead atoms. The van der Waals surface area contributed by atoms with Crippen molar-refractivity contribution in [2.45, 2.75) is 6.54 Å². The standard InChI is InChI=1S/C24BF20.C21H16NO/c26-5-1(6(27)14(35)21(42)13(5)34)25(2-7(28)15(36)22(43)16(37)8(2)29,3-9(30)17(38)23(44)18(39)10(3)31)4-11(32)19(40)24(45)20(41)12(4)33;23-21(19-12-11-16-6-1-2-8-18(16)14-19)15-22-13-5-9-17-7-3-4-10-20(17)22/h;1-14H,15H2/q-1;+1. The van der Waals surface area contributed by atoms with E-state index in [-0.39, 0.29) is 5.78 Å². The molecule has 68 heavy (non-hydrogen) atoms. The summed E-state index contributed by atoms with van der Waals surface area (Å²) < 4.78 is 296. The van der Waals surface area contributed by atoms with Crippen LogP contribution in [-0.2, 0) is 6.54 Å². The van der Waals surface area contributed by atoms with E-state index in [1.54, 1.807) is 0 Å². The molecule has 0 unspecified atom stereocenters. The molecule has 350 valence electrons. The molecule has 1 aromatic heterocycles. The average molecular weight is 977 g/mol. The van der Waals surface area contributed by atoms with E-state index in [0.29, 0.717) is 6.54 Å². The zero-order chi connectivity index (χ0) is 50.0. The largest absolute Gasteiger partial charge is 0.287 e. The fourth-order valence-electron chi connectivity index (χ4n) is 7.84. The molecule has 2 nitrogen and oxygen atoms in total. The highest BCUT2D eigenvalue weighted by atomic mass is 19.2. The lowest BCUT2D eigenvalue weighted by Crippen LogP contribution is -2.81. The molecule has 8 aromatic rings. The normalized spacial score (nSPS) is 11.6. The van der Waals surface area contributed by atoms with E-state index in [2.05, 4.69) is 18.2 Å². The summed E-state index contributed by atoms with van der Waals surface area (Å²) in [4.78, 5) is 12.7. The molecule has 0 atom stereocenters. The smallest absolute Gasteiger partial charge is 0.227 e. The highest BCUT2D eigenvalue weighted by Gasteiger charge is 2.52. The van der Waals surface area contributed by atoms with Crippen LogP contribution >= 0.6 is 0 Å². The Hall–Kier alpha value is -7.46. The van der Waals surface area contributed by atoms with Crippen molar-refractivity contribution in [2.75, 3.05) is 0 Å². The Morgan fingerprint density at radius 3 is 1.00 bits per heavy atom. The molecule has 0 amide bonds. The summed E-state index contributed by atoms with van der Waals surface area (Å²) >= 11 is 0. The highest BCUT2D eigenvalue weighted by Crippen LogP contribution is 2.31. The Morgan fingerprint density at radius 1 is 0.338 bits per heavy atom. The van der Waals surface area contributed by atoms with Gasteiger partial charge in [-0.25, -0.2) is 87.8 Å². The maximum atomic E-state index is 15.4. The van der Waals surface area contributed by atoms with E-state index < -0.39 is 144 Å². The van der Waals surface area contributed by atoms with E-state index in [4.69, 9.17) is 0 Å². The minimum absolute atomic E-state index is 0.122. The average Bonchev–Trinajstić information content (AvgIpc) is 3.34. The second-order valence-electron chi connectivity index (χ2n) is 14.5. The van der Waals surface area contributed by atoms with Gasteiger partial charge in [-0.15, -0.1) is 21.9 Å². The molecular weight excluding hydrogens is 961 g/mol. The molecule has 0 N–H and O–H groups in total. The van der Waals surface area contributed by atoms with Gasteiger partial charge in [0.05, 0.1) is 0 Å². The maximum Gasteiger partial charge on any atom is 0.227 e. The number of benzene rings is 7. The summed E-state index contributed by atoms with van der Waals surface area (Å²) in [7, 11) is 0. The van der Waals surface area contributed by atoms with Crippen molar-refractivity contribution in [3.05, 3.63) is 207 Å². The third-order valence-corrected chi connectivity index (χ3v) is 10.9. The van der Waals surface area contributed by atoms with Crippen molar-refractivity contribution in [3.63, 3.8) is 0 Å². The van der Waals surface area contributed by atoms with Crippen LogP contribution in [0.2, 0.25) is 0 Å². The first-order chi connectivity index (χ1) is 32.0. The Bertz CT molecular complexity index is 3030. The van der Waals surface area contributed by atoms with Crippen molar-refractivity contribution >= 4 is 55.5 Å². The Balaban J connectivity index is 0.000000246. The molecule has 0 aliphatic carbocycles. The van der Waals surface area contributed by atoms with Crippen LogP contribution in [0.15, 0.2) is 85.1 Å². The Kier molecular flexibility index (Phi) is 12.8. The van der Waals surface area contributed by atoms with Gasteiger partial charge in [0, 0.05) is 23.1 Å². The number of fused-ring (bicyclic) bond motifs is 2. The van der Waals surface area contributed by atoms with Crippen LogP contribution in [0.3, 0.4) is 0 Å². The van der Waals surface area contributed by atoms with Crippen LogP contribution in [0.5, 0.6) is 0 Å². The number of halogens is 20. The first kappa shape index (κ1) is 48.5. The lowest BCUT2D eigenvalue weighted by atomic mass is 9.12. The van der Waals surface area contributed by atoms with Gasteiger partial charge in [-0.2, -0.15) is 4.57 Å². The van der Waals surface area contributed by atoms with Gasteiger partial charge >= 0.3 is 0 Å². The number of rotatable bonds is 7. The van der Waals surface area contributed by atoms with Gasteiger partial charge in [0.25, 0.3) is 0 Å². The summed E-state index contributed by atoms with van der Waals surface area (Å²) in [6.45, 7) is 0.347. The maximum absolute atomic E-state index is 15.4. The predicted octanol–water partition coefficient (Wildman–Crippen LogP) is 10.0. The first-order valence-corrected chi connectivity index (χ1v) is 18.6. The third kappa shape index (κ3) is 7.43. The summed E-state index contributed by atoms with van der Waals surface area (Å²) in [5.74, 6) is -71.3. The topological polar surface area (TPSA) is 20.9 Å². The number of pyridine rings is 1. The minimum Gasteiger partial charge on any atom is -0.287 e. The highest BCUT2D eigenvalue weighted by molar-refractivity contribution is 7.20. The van der Waals surface area contributed by atoms with Gasteiger partial charge in [-0.05, 0) is 29.0 Å². The fraction of sp³-hybridized carbons (Fsp3) is 0.0222. The number of nitrogens with zero attached hydrogens (tertiary/aromatic N) is 1. The van der Waals surface area contributed by atoms with Gasteiger partial charge in [0.2, 0.25) is 17.8 Å². The van der Waals surface area contributed by atoms with E-state index in [1.165, 1.54) is 0 Å². The van der Waals surface area contributed by atoms with Crippen LogP contribution < -0.4 is 26.4 Å². The van der Waals surface area contributed by atoms with Crippen molar-refractivity contribution in [3.8, 4) is 0 Å². The summed E-state index contributed by atoms with van der Waals surface area (Å²) in [5, 5.41) is 3.39. The lowest BCUT2D eigenvalue weighted by Gasteiger charge is -2.44. The number of aromatic nitrogens is 1. The number of carbonyl (C=O) groups is 1. The number of hydrogen-bond acceptors (Lipinski definition) is 1. The molecule has 1 heterocycles. The molecule has 7 aromatic carbocycles. The van der Waals surface area contributed by atoms with Crippen molar-refractivity contribution in [1.82, 2.24) is 0 Å². The van der Waals surface area contributed by atoms with Crippen LogP contribution in [0.4, 0.5) is 87.8 Å². The van der Waals surface area contributed by atoms with Crippen LogP contribution in [0, 0.1) is 116 Å². The second kappa shape index (κ2) is 18.0. The molecule has 0 fully saturated rings. The SMILES string of the molecule is Fc1c(F)c(F)c([B-](c2c(F)c(F)c(F)c(F)c2F)(c2c(F)c(F)c(F)c(F)c2F)c2c(F)c(F)c(F)c(F)c2F)c(F)c1F.O=C(C[n+]1cccc2ccccc21)c1ccc2ccccc2c1. The molecule has 0 aliphatic rings. The predicted molar refractivity (Wildman–Crippen MR) is 202 cm³/mol. The van der Waals surface area contributed by atoms with Gasteiger partial charge in [0.15, 0.2) is 76.0 Å². The quantitative estimate of drug-likeness (QED) is 0.0390. The zero-order valence-electron chi connectivity index (χ0n) is 32.8. The number of ketones is 1. The summed E-state index contributed by atoms with van der Waals surface area (Å²) in [6, 6.07) is 26.2. The number of hydrogen-bond donors (Lipinski definition) is 0. The van der Waals surface area contributed by atoms with Crippen LogP contribution in [0.25, 0.3) is 21.7 Å². The van der Waals surface area contributed by atoms with Crippen molar-refractivity contribution < 1.29 is 97.2 Å².